The number of carbonyl (C=O) groups excluding carboxylic acids is 1. The number of ether oxygens (including phenoxy) is 1. The number of nitrogens with zero attached hydrogens (tertiary/aromatic N) is 1. The largest absolute Gasteiger partial charge is 0.465 e. The Labute approximate surface area is 184 Å². The second-order valence-corrected chi connectivity index (χ2v) is 9.94. The van der Waals surface area contributed by atoms with E-state index in [2.05, 4.69) is 25.4 Å². The van der Waals surface area contributed by atoms with E-state index in [9.17, 15) is 18.5 Å². The van der Waals surface area contributed by atoms with Crippen LogP contribution in [-0.2, 0) is 14.8 Å². The van der Waals surface area contributed by atoms with Gasteiger partial charge < -0.3 is 4.74 Å². The maximum absolute atomic E-state index is 13.1. The molecule has 1 aromatic heterocycles. The van der Waals surface area contributed by atoms with Gasteiger partial charge in [0.05, 0.1) is 34.3 Å². The molecule has 0 atom stereocenters. The molecule has 3 rings (SSSR count). The van der Waals surface area contributed by atoms with Crippen molar-refractivity contribution in [2.75, 3.05) is 11.8 Å². The summed E-state index contributed by atoms with van der Waals surface area (Å²) in [6, 6.07) is 14.3. The lowest BCUT2D eigenvalue weighted by atomic mass is 10.1. The Morgan fingerprint density at radius 2 is 1.97 bits per heavy atom. The van der Waals surface area contributed by atoms with Gasteiger partial charge in [-0.05, 0) is 58.4 Å². The van der Waals surface area contributed by atoms with Crippen molar-refractivity contribution in [1.29, 1.82) is 5.26 Å². The van der Waals surface area contributed by atoms with Gasteiger partial charge in [0.2, 0.25) is 0 Å². The molecule has 0 amide bonds. The molecule has 29 heavy (non-hydrogen) atoms. The van der Waals surface area contributed by atoms with Crippen molar-refractivity contribution in [2.24, 2.45) is 0 Å². The Bertz CT molecular complexity index is 1250. The van der Waals surface area contributed by atoms with Gasteiger partial charge in [0, 0.05) is 14.9 Å². The highest BCUT2D eigenvalue weighted by molar-refractivity contribution is 9.10. The van der Waals surface area contributed by atoms with Crippen molar-refractivity contribution in [1.82, 2.24) is 0 Å². The number of halogens is 2. The lowest BCUT2D eigenvalue weighted by Gasteiger charge is -2.14. The zero-order valence-corrected chi connectivity index (χ0v) is 18.7. The first-order valence-electron chi connectivity index (χ1n) is 7.95. The summed E-state index contributed by atoms with van der Waals surface area (Å²) in [7, 11) is -2.89. The lowest BCUT2D eigenvalue weighted by molar-refractivity contribution is 0.0600. The summed E-state index contributed by atoms with van der Waals surface area (Å²) in [5.74, 6) is -0.658. The smallest absolute Gasteiger partial charge is 0.337 e. The summed E-state index contributed by atoms with van der Waals surface area (Å²) in [6.07, 6.45) is 0. The van der Waals surface area contributed by atoms with Crippen LogP contribution in [0.3, 0.4) is 0 Å². The van der Waals surface area contributed by atoms with Crippen LogP contribution < -0.4 is 4.72 Å². The van der Waals surface area contributed by atoms with Crippen LogP contribution in [0, 0.1) is 11.3 Å². The number of anilines is 1. The molecule has 0 aliphatic carbocycles. The highest BCUT2D eigenvalue weighted by Crippen LogP contribution is 2.37. The molecule has 0 unspecified atom stereocenters. The average molecular weight is 512 g/mol. The topological polar surface area (TPSA) is 96.3 Å². The quantitative estimate of drug-likeness (QED) is 0.470. The fourth-order valence-electron chi connectivity index (χ4n) is 2.53. The van der Waals surface area contributed by atoms with Crippen molar-refractivity contribution < 1.29 is 17.9 Å². The normalized spacial score (nSPS) is 11.0. The van der Waals surface area contributed by atoms with E-state index in [4.69, 9.17) is 11.6 Å². The van der Waals surface area contributed by atoms with Crippen LogP contribution in [0.15, 0.2) is 57.9 Å². The van der Waals surface area contributed by atoms with Crippen molar-refractivity contribution in [3.05, 3.63) is 68.5 Å². The average Bonchev–Trinajstić information content (AvgIpc) is 3.13. The van der Waals surface area contributed by atoms with Crippen molar-refractivity contribution >= 4 is 60.5 Å². The molecule has 0 saturated carbocycles. The van der Waals surface area contributed by atoms with Gasteiger partial charge in [-0.25, -0.2) is 13.2 Å². The zero-order chi connectivity index (χ0) is 21.2. The van der Waals surface area contributed by atoms with E-state index >= 15 is 0 Å². The number of rotatable bonds is 5. The lowest BCUT2D eigenvalue weighted by Crippen LogP contribution is -2.15. The van der Waals surface area contributed by atoms with E-state index in [1.165, 1.54) is 42.7 Å². The molecule has 10 heteroatoms. The van der Waals surface area contributed by atoms with E-state index in [0.29, 0.717) is 9.90 Å². The van der Waals surface area contributed by atoms with Gasteiger partial charge in [0.15, 0.2) is 0 Å². The third kappa shape index (κ3) is 4.62. The van der Waals surface area contributed by atoms with E-state index in [1.807, 2.05) is 6.07 Å². The maximum Gasteiger partial charge on any atom is 0.337 e. The summed E-state index contributed by atoms with van der Waals surface area (Å²) in [5.41, 5.74) is 1.17. The zero-order valence-electron chi connectivity index (χ0n) is 14.8. The molecular weight excluding hydrogens is 500 g/mol. The van der Waals surface area contributed by atoms with Gasteiger partial charge in [-0.1, -0.05) is 17.7 Å². The third-order valence-corrected chi connectivity index (χ3v) is 7.50. The van der Waals surface area contributed by atoms with E-state index in [1.54, 1.807) is 24.3 Å². The number of thiophene rings is 1. The fourth-order valence-corrected chi connectivity index (χ4v) is 5.67. The first kappa shape index (κ1) is 21.3. The van der Waals surface area contributed by atoms with E-state index in [-0.39, 0.29) is 26.2 Å². The maximum atomic E-state index is 13.1. The molecule has 0 saturated heterocycles. The van der Waals surface area contributed by atoms with Gasteiger partial charge in [0.25, 0.3) is 10.0 Å². The minimum absolute atomic E-state index is 0.0899. The minimum Gasteiger partial charge on any atom is -0.465 e. The molecule has 0 spiro atoms. The second-order valence-electron chi connectivity index (χ2n) is 5.72. The first-order valence-corrected chi connectivity index (χ1v) is 11.4. The summed E-state index contributed by atoms with van der Waals surface area (Å²) < 4.78 is 34.1. The highest BCUT2D eigenvalue weighted by Gasteiger charge is 2.22. The Morgan fingerprint density at radius 3 is 2.59 bits per heavy atom. The molecule has 3 aromatic rings. The Balaban J connectivity index is 2.10. The number of sulfonamides is 1. The van der Waals surface area contributed by atoms with Crippen LogP contribution in [-0.4, -0.2) is 21.5 Å². The van der Waals surface area contributed by atoms with E-state index < -0.39 is 16.0 Å². The van der Waals surface area contributed by atoms with Crippen LogP contribution in [0.2, 0.25) is 4.34 Å². The number of hydrogen-bond donors (Lipinski definition) is 1. The molecule has 6 nitrogen and oxygen atoms in total. The molecular formula is C19H12BrClN2O4S2. The van der Waals surface area contributed by atoms with Crippen LogP contribution >= 0.6 is 38.9 Å². The number of nitrogens with one attached hydrogen (secondary N) is 1. The molecule has 1 heterocycles. The van der Waals surface area contributed by atoms with Crippen molar-refractivity contribution in [3.8, 4) is 16.5 Å². The number of nitriles is 1. The molecule has 0 bridgehead atoms. The van der Waals surface area contributed by atoms with Gasteiger partial charge in [0.1, 0.15) is 4.90 Å². The number of benzene rings is 2. The third-order valence-electron chi connectivity index (χ3n) is 3.87. The summed E-state index contributed by atoms with van der Waals surface area (Å²) in [5, 5.41) is 9.21. The van der Waals surface area contributed by atoms with Crippen molar-refractivity contribution in [2.45, 2.75) is 4.90 Å². The first-order chi connectivity index (χ1) is 13.7. The van der Waals surface area contributed by atoms with Crippen LogP contribution in [0.5, 0.6) is 0 Å². The van der Waals surface area contributed by atoms with Crippen LogP contribution in [0.25, 0.3) is 10.4 Å². The summed E-state index contributed by atoms with van der Waals surface area (Å²) in [4.78, 5) is 12.4. The number of esters is 1. The van der Waals surface area contributed by atoms with Gasteiger partial charge >= 0.3 is 5.97 Å². The second kappa shape index (κ2) is 8.55. The molecule has 0 aliphatic rings. The molecule has 0 aliphatic heterocycles. The standard InChI is InChI=1S/C19H12BrClN2O4S2/c1-27-19(24)12-3-5-14(20)17(9-12)29(25,26)23-15-8-11(10-22)2-4-13(15)16-6-7-18(21)28-16/h2-9,23H,1H3. The summed E-state index contributed by atoms with van der Waals surface area (Å²) >= 11 is 10.5. The molecule has 0 radical (unpaired) electrons. The number of hydrogen-bond acceptors (Lipinski definition) is 6. The highest BCUT2D eigenvalue weighted by atomic mass is 79.9. The fraction of sp³-hybridized carbons (Fsp3) is 0.0526. The van der Waals surface area contributed by atoms with Gasteiger partial charge in [-0.3, -0.25) is 4.72 Å². The Morgan fingerprint density at radius 1 is 1.21 bits per heavy atom. The number of methoxy groups -OCH3 is 1. The predicted molar refractivity (Wildman–Crippen MR) is 116 cm³/mol. The minimum atomic E-state index is -4.10. The monoisotopic (exact) mass is 510 g/mol. The Hall–Kier alpha value is -2.38. The number of carbonyl (C=O) groups is 1. The SMILES string of the molecule is COC(=O)c1ccc(Br)c(S(=O)(=O)Nc2cc(C#N)ccc2-c2ccc(Cl)s2)c1. The molecule has 2 aromatic carbocycles. The van der Waals surface area contributed by atoms with Gasteiger partial charge in [-0.2, -0.15) is 5.26 Å². The molecule has 0 fully saturated rings. The predicted octanol–water partition coefficient (Wildman–Crippen LogP) is 5.29. The van der Waals surface area contributed by atoms with Gasteiger partial charge in [-0.15, -0.1) is 11.3 Å². The van der Waals surface area contributed by atoms with Crippen LogP contribution in [0.1, 0.15) is 15.9 Å². The summed E-state index contributed by atoms with van der Waals surface area (Å²) in [6.45, 7) is 0. The van der Waals surface area contributed by atoms with E-state index in [0.717, 1.165) is 4.88 Å². The Kier molecular flexibility index (Phi) is 6.29. The molecule has 148 valence electrons. The molecule has 1 N–H and O–H groups in total. The van der Waals surface area contributed by atoms with Crippen molar-refractivity contribution in [3.63, 3.8) is 0 Å². The van der Waals surface area contributed by atoms with Crippen LogP contribution in [0.4, 0.5) is 5.69 Å².